The minimum atomic E-state index is 0.376. The molecule has 1 saturated heterocycles. The highest BCUT2D eigenvalue weighted by Gasteiger charge is 2.28. The van der Waals surface area contributed by atoms with Gasteiger partial charge in [0.1, 0.15) is 18.1 Å². The standard InChI is InChI=1S/C16H23N3O2/c1-3-19-11-13(9-17-19)10-18-8-4-5-15(18)16-7-6-14(21-16)12-20-2/h6-7,9,11,15H,3-5,8,10,12H2,1-2H3/t15-/m1/s1. The molecule has 1 aliphatic heterocycles. The molecule has 3 rings (SSSR count). The van der Waals surface area contributed by atoms with Gasteiger partial charge in [-0.2, -0.15) is 5.10 Å². The lowest BCUT2D eigenvalue weighted by molar-refractivity contribution is 0.155. The van der Waals surface area contributed by atoms with Gasteiger partial charge in [0, 0.05) is 32.0 Å². The van der Waals surface area contributed by atoms with Gasteiger partial charge in [-0.3, -0.25) is 9.58 Å². The molecule has 2 aromatic heterocycles. The van der Waals surface area contributed by atoms with Crippen LogP contribution in [-0.2, 0) is 24.4 Å². The van der Waals surface area contributed by atoms with Crippen LogP contribution in [0.4, 0.5) is 0 Å². The number of rotatable bonds is 6. The van der Waals surface area contributed by atoms with Crippen LogP contribution in [0.3, 0.4) is 0 Å². The normalized spacial score (nSPS) is 19.4. The van der Waals surface area contributed by atoms with Gasteiger partial charge in [-0.15, -0.1) is 0 Å². The van der Waals surface area contributed by atoms with Crippen molar-refractivity contribution in [3.8, 4) is 0 Å². The van der Waals surface area contributed by atoms with E-state index in [9.17, 15) is 0 Å². The Labute approximate surface area is 125 Å². The maximum Gasteiger partial charge on any atom is 0.129 e. The van der Waals surface area contributed by atoms with Crippen molar-refractivity contribution in [1.29, 1.82) is 0 Å². The molecule has 3 heterocycles. The summed E-state index contributed by atoms with van der Waals surface area (Å²) in [6.07, 6.45) is 6.47. The van der Waals surface area contributed by atoms with Crippen molar-refractivity contribution in [3.63, 3.8) is 0 Å². The van der Waals surface area contributed by atoms with Crippen molar-refractivity contribution >= 4 is 0 Å². The SMILES string of the molecule is CCn1cc(CN2CCC[C@@H]2c2ccc(COC)o2)cn1. The van der Waals surface area contributed by atoms with E-state index < -0.39 is 0 Å². The van der Waals surface area contributed by atoms with Crippen molar-refractivity contribution in [2.24, 2.45) is 0 Å². The summed E-state index contributed by atoms with van der Waals surface area (Å²) in [6, 6.07) is 4.48. The van der Waals surface area contributed by atoms with Crippen LogP contribution in [0.1, 0.15) is 42.9 Å². The third-order valence-corrected chi connectivity index (χ3v) is 4.06. The zero-order chi connectivity index (χ0) is 14.7. The molecule has 0 radical (unpaired) electrons. The smallest absolute Gasteiger partial charge is 0.129 e. The van der Waals surface area contributed by atoms with Gasteiger partial charge in [-0.05, 0) is 38.4 Å². The van der Waals surface area contributed by atoms with Crippen LogP contribution in [0.15, 0.2) is 28.9 Å². The first-order valence-electron chi connectivity index (χ1n) is 7.63. The minimum Gasteiger partial charge on any atom is -0.462 e. The number of furan rings is 1. The van der Waals surface area contributed by atoms with Crippen LogP contribution in [0, 0.1) is 0 Å². The van der Waals surface area contributed by atoms with E-state index in [1.54, 1.807) is 7.11 Å². The molecule has 1 fully saturated rings. The number of aryl methyl sites for hydroxylation is 1. The van der Waals surface area contributed by atoms with Crippen molar-refractivity contribution in [3.05, 3.63) is 41.6 Å². The van der Waals surface area contributed by atoms with E-state index >= 15 is 0 Å². The van der Waals surface area contributed by atoms with E-state index in [1.807, 2.05) is 16.9 Å². The lowest BCUT2D eigenvalue weighted by Gasteiger charge is -2.22. The number of hydrogen-bond acceptors (Lipinski definition) is 4. The summed E-state index contributed by atoms with van der Waals surface area (Å²) in [7, 11) is 1.69. The molecule has 1 atom stereocenters. The first kappa shape index (κ1) is 14.4. The number of methoxy groups -OCH3 is 1. The molecule has 21 heavy (non-hydrogen) atoms. The zero-order valence-electron chi connectivity index (χ0n) is 12.8. The summed E-state index contributed by atoms with van der Waals surface area (Å²) >= 11 is 0. The van der Waals surface area contributed by atoms with Gasteiger partial charge in [0.05, 0.1) is 12.2 Å². The number of ether oxygens (including phenoxy) is 1. The van der Waals surface area contributed by atoms with Gasteiger partial charge in [0.15, 0.2) is 0 Å². The van der Waals surface area contributed by atoms with E-state index in [1.165, 1.54) is 12.0 Å². The second-order valence-corrected chi connectivity index (χ2v) is 5.57. The van der Waals surface area contributed by atoms with Crippen LogP contribution >= 0.6 is 0 Å². The molecule has 5 heteroatoms. The highest BCUT2D eigenvalue weighted by molar-refractivity contribution is 5.13. The summed E-state index contributed by atoms with van der Waals surface area (Å²) in [5.74, 6) is 1.96. The maximum atomic E-state index is 5.91. The predicted molar refractivity (Wildman–Crippen MR) is 79.7 cm³/mol. The number of likely N-dealkylation sites (tertiary alicyclic amines) is 1. The molecule has 0 unspecified atom stereocenters. The molecule has 114 valence electrons. The Morgan fingerprint density at radius 3 is 3.10 bits per heavy atom. The van der Waals surface area contributed by atoms with Crippen LogP contribution in [0.2, 0.25) is 0 Å². The Kier molecular flexibility index (Phi) is 4.41. The van der Waals surface area contributed by atoms with E-state index in [4.69, 9.17) is 9.15 Å². The van der Waals surface area contributed by atoms with Gasteiger partial charge in [-0.1, -0.05) is 0 Å². The summed E-state index contributed by atoms with van der Waals surface area (Å²) in [6.45, 7) is 5.61. The Bertz CT molecular complexity index is 576. The lowest BCUT2D eigenvalue weighted by Crippen LogP contribution is -2.22. The second-order valence-electron chi connectivity index (χ2n) is 5.57. The van der Waals surface area contributed by atoms with Crippen molar-refractivity contribution < 1.29 is 9.15 Å². The molecule has 0 N–H and O–H groups in total. The van der Waals surface area contributed by atoms with E-state index in [0.29, 0.717) is 12.6 Å². The van der Waals surface area contributed by atoms with Gasteiger partial charge >= 0.3 is 0 Å². The maximum absolute atomic E-state index is 5.91. The van der Waals surface area contributed by atoms with Gasteiger partial charge in [0.2, 0.25) is 0 Å². The van der Waals surface area contributed by atoms with Crippen LogP contribution in [0.5, 0.6) is 0 Å². The summed E-state index contributed by atoms with van der Waals surface area (Å²) in [4.78, 5) is 2.48. The molecule has 5 nitrogen and oxygen atoms in total. The second kappa shape index (κ2) is 6.45. The highest BCUT2D eigenvalue weighted by atomic mass is 16.5. The predicted octanol–water partition coefficient (Wildman–Crippen LogP) is 2.98. The van der Waals surface area contributed by atoms with Gasteiger partial charge in [0.25, 0.3) is 0 Å². The van der Waals surface area contributed by atoms with Crippen LogP contribution in [-0.4, -0.2) is 28.3 Å². The summed E-state index contributed by atoms with van der Waals surface area (Å²) in [5, 5.41) is 4.35. The molecule has 0 aliphatic carbocycles. The zero-order valence-corrected chi connectivity index (χ0v) is 12.8. The molecule has 1 aliphatic rings. The Morgan fingerprint density at radius 1 is 1.43 bits per heavy atom. The summed E-state index contributed by atoms with van der Waals surface area (Å²) in [5.41, 5.74) is 1.27. The largest absolute Gasteiger partial charge is 0.462 e. The van der Waals surface area contributed by atoms with Crippen molar-refractivity contribution in [2.45, 2.75) is 45.5 Å². The van der Waals surface area contributed by atoms with E-state index in [2.05, 4.69) is 29.2 Å². The fourth-order valence-electron chi connectivity index (χ4n) is 3.03. The fraction of sp³-hybridized carbons (Fsp3) is 0.562. The molecule has 0 aromatic carbocycles. The molecular formula is C16H23N3O2. The topological polar surface area (TPSA) is 43.4 Å². The third-order valence-electron chi connectivity index (χ3n) is 4.06. The van der Waals surface area contributed by atoms with Crippen molar-refractivity contribution in [1.82, 2.24) is 14.7 Å². The molecule has 0 saturated carbocycles. The molecular weight excluding hydrogens is 266 g/mol. The quantitative estimate of drug-likeness (QED) is 0.820. The van der Waals surface area contributed by atoms with Crippen LogP contribution < -0.4 is 0 Å². The summed E-state index contributed by atoms with van der Waals surface area (Å²) < 4.78 is 13.0. The molecule has 0 amide bonds. The highest BCUT2D eigenvalue weighted by Crippen LogP contribution is 2.34. The first-order valence-corrected chi connectivity index (χ1v) is 7.63. The molecule has 0 bridgehead atoms. The minimum absolute atomic E-state index is 0.376. The number of nitrogens with zero attached hydrogens (tertiary/aromatic N) is 3. The fourth-order valence-corrected chi connectivity index (χ4v) is 3.03. The molecule has 2 aromatic rings. The number of hydrogen-bond donors (Lipinski definition) is 0. The van der Waals surface area contributed by atoms with Crippen molar-refractivity contribution in [2.75, 3.05) is 13.7 Å². The molecule has 0 spiro atoms. The third kappa shape index (κ3) is 3.19. The van der Waals surface area contributed by atoms with Gasteiger partial charge in [-0.25, -0.2) is 0 Å². The Hall–Kier alpha value is -1.59. The Balaban J connectivity index is 1.69. The average Bonchev–Trinajstić information content (AvgIpc) is 3.20. The van der Waals surface area contributed by atoms with Gasteiger partial charge < -0.3 is 9.15 Å². The van der Waals surface area contributed by atoms with E-state index in [0.717, 1.165) is 37.6 Å². The monoisotopic (exact) mass is 289 g/mol. The average molecular weight is 289 g/mol. The number of aromatic nitrogens is 2. The Morgan fingerprint density at radius 2 is 2.33 bits per heavy atom. The first-order chi connectivity index (χ1) is 10.3. The van der Waals surface area contributed by atoms with E-state index in [-0.39, 0.29) is 0 Å². The van der Waals surface area contributed by atoms with Crippen LogP contribution in [0.25, 0.3) is 0 Å². The lowest BCUT2D eigenvalue weighted by atomic mass is 10.1.